The van der Waals surface area contributed by atoms with Crippen LogP contribution < -0.4 is 4.74 Å². The van der Waals surface area contributed by atoms with Crippen molar-refractivity contribution < 1.29 is 23.6 Å². The minimum absolute atomic E-state index is 0.0486. The average molecular weight is 294 g/mol. The molecule has 0 aliphatic carbocycles. The Morgan fingerprint density at radius 2 is 2.24 bits per heavy atom. The number of halogens is 1. The third-order valence-corrected chi connectivity index (χ3v) is 2.62. The van der Waals surface area contributed by atoms with Crippen molar-refractivity contribution in [1.82, 2.24) is 10.1 Å². The molecular weight excluding hydrogens is 279 g/mol. The summed E-state index contributed by atoms with van der Waals surface area (Å²) < 4.78 is 23.4. The summed E-state index contributed by atoms with van der Waals surface area (Å²) in [7, 11) is 0. The van der Waals surface area contributed by atoms with Crippen LogP contribution in [0.3, 0.4) is 0 Å². The van der Waals surface area contributed by atoms with Crippen LogP contribution in [0.15, 0.2) is 22.7 Å². The van der Waals surface area contributed by atoms with E-state index in [0.29, 0.717) is 18.2 Å². The summed E-state index contributed by atoms with van der Waals surface area (Å²) in [5.74, 6) is -0.653. The van der Waals surface area contributed by atoms with Gasteiger partial charge in [0.15, 0.2) is 12.4 Å². The van der Waals surface area contributed by atoms with E-state index in [1.807, 2.05) is 13.8 Å². The van der Waals surface area contributed by atoms with Gasteiger partial charge in [0.25, 0.3) is 5.89 Å². The smallest absolute Gasteiger partial charge is 0.339 e. The first-order chi connectivity index (χ1) is 9.95. The third-order valence-electron chi connectivity index (χ3n) is 2.62. The molecule has 0 saturated carbocycles. The van der Waals surface area contributed by atoms with E-state index in [1.165, 1.54) is 6.07 Å². The number of aromatic carboxylic acids is 1. The van der Waals surface area contributed by atoms with E-state index >= 15 is 0 Å². The van der Waals surface area contributed by atoms with Crippen molar-refractivity contribution in [3.8, 4) is 5.75 Å². The van der Waals surface area contributed by atoms with Crippen LogP contribution in [0.25, 0.3) is 0 Å². The summed E-state index contributed by atoms with van der Waals surface area (Å²) in [4.78, 5) is 15.1. The second kappa shape index (κ2) is 6.34. The van der Waals surface area contributed by atoms with Crippen molar-refractivity contribution in [3.63, 3.8) is 0 Å². The topological polar surface area (TPSA) is 85.5 Å². The molecule has 2 aromatic rings. The van der Waals surface area contributed by atoms with Crippen molar-refractivity contribution in [1.29, 1.82) is 0 Å². The number of nitrogens with zero attached hydrogens (tertiary/aromatic N) is 2. The van der Waals surface area contributed by atoms with Crippen molar-refractivity contribution in [2.24, 2.45) is 5.92 Å². The largest absolute Gasteiger partial charge is 0.483 e. The fourth-order valence-corrected chi connectivity index (χ4v) is 1.73. The van der Waals surface area contributed by atoms with Gasteiger partial charge in [0, 0.05) is 6.42 Å². The van der Waals surface area contributed by atoms with Gasteiger partial charge in [0.1, 0.15) is 17.1 Å². The van der Waals surface area contributed by atoms with E-state index in [9.17, 15) is 9.18 Å². The van der Waals surface area contributed by atoms with Crippen LogP contribution in [0, 0.1) is 11.7 Å². The van der Waals surface area contributed by atoms with E-state index in [-0.39, 0.29) is 23.8 Å². The highest BCUT2D eigenvalue weighted by Crippen LogP contribution is 2.21. The first-order valence-corrected chi connectivity index (χ1v) is 6.43. The zero-order valence-corrected chi connectivity index (χ0v) is 11.7. The predicted molar refractivity (Wildman–Crippen MR) is 70.5 cm³/mol. The fraction of sp³-hybridized carbons (Fsp3) is 0.357. The number of ether oxygens (including phenoxy) is 1. The summed E-state index contributed by atoms with van der Waals surface area (Å²) in [6, 6.07) is 3.28. The van der Waals surface area contributed by atoms with Gasteiger partial charge in [0.2, 0.25) is 0 Å². The molecule has 21 heavy (non-hydrogen) atoms. The van der Waals surface area contributed by atoms with Gasteiger partial charge < -0.3 is 14.4 Å². The third kappa shape index (κ3) is 4.01. The second-order valence-corrected chi connectivity index (χ2v) is 4.94. The maximum Gasteiger partial charge on any atom is 0.339 e. The molecule has 0 aliphatic rings. The normalized spacial score (nSPS) is 10.9. The number of aromatic nitrogens is 2. The highest BCUT2D eigenvalue weighted by Gasteiger charge is 2.14. The molecule has 6 nitrogen and oxygen atoms in total. The van der Waals surface area contributed by atoms with Crippen molar-refractivity contribution in [2.45, 2.75) is 26.9 Å². The summed E-state index contributed by atoms with van der Waals surface area (Å²) >= 11 is 0. The molecule has 0 unspecified atom stereocenters. The van der Waals surface area contributed by atoms with Crippen LogP contribution in [-0.2, 0) is 13.0 Å². The highest BCUT2D eigenvalue weighted by atomic mass is 19.1. The maximum absolute atomic E-state index is 13.0. The second-order valence-electron chi connectivity index (χ2n) is 4.94. The monoisotopic (exact) mass is 294 g/mol. The summed E-state index contributed by atoms with van der Waals surface area (Å²) in [5.41, 5.74) is -0.253. The molecule has 0 bridgehead atoms. The van der Waals surface area contributed by atoms with Gasteiger partial charge in [-0.05, 0) is 24.1 Å². The van der Waals surface area contributed by atoms with Gasteiger partial charge >= 0.3 is 5.97 Å². The minimum Gasteiger partial charge on any atom is -0.483 e. The molecule has 2 rings (SSSR count). The van der Waals surface area contributed by atoms with Crippen LogP contribution in [0.4, 0.5) is 4.39 Å². The Labute approximate surface area is 120 Å². The standard InChI is InChI=1S/C14H15FN2O4/c1-8(2)5-12-16-13(21-17-12)7-20-11-4-3-9(15)6-10(11)14(18)19/h3-4,6,8H,5,7H2,1-2H3,(H,18,19). The van der Waals surface area contributed by atoms with E-state index < -0.39 is 11.8 Å². The number of hydrogen-bond donors (Lipinski definition) is 1. The van der Waals surface area contributed by atoms with Gasteiger partial charge in [0.05, 0.1) is 0 Å². The number of rotatable bonds is 6. The zero-order valence-electron chi connectivity index (χ0n) is 11.7. The van der Waals surface area contributed by atoms with E-state index in [4.69, 9.17) is 14.4 Å². The van der Waals surface area contributed by atoms with Crippen molar-refractivity contribution in [2.75, 3.05) is 0 Å². The lowest BCUT2D eigenvalue weighted by Gasteiger charge is -2.06. The molecule has 1 aromatic heterocycles. The first kappa shape index (κ1) is 15.0. The molecule has 7 heteroatoms. The molecule has 0 saturated heterocycles. The van der Waals surface area contributed by atoms with Gasteiger partial charge in [-0.15, -0.1) is 0 Å². The molecule has 0 fully saturated rings. The summed E-state index contributed by atoms with van der Waals surface area (Å²) in [6.45, 7) is 3.99. The maximum atomic E-state index is 13.0. The Morgan fingerprint density at radius 1 is 1.48 bits per heavy atom. The SMILES string of the molecule is CC(C)Cc1noc(COc2ccc(F)cc2C(=O)O)n1. The van der Waals surface area contributed by atoms with Gasteiger partial charge in [-0.2, -0.15) is 4.98 Å². The molecule has 1 aromatic carbocycles. The molecule has 0 atom stereocenters. The van der Waals surface area contributed by atoms with Crippen molar-refractivity contribution in [3.05, 3.63) is 41.3 Å². The molecular formula is C14H15FN2O4. The number of benzene rings is 1. The Balaban J connectivity index is 2.06. The molecule has 112 valence electrons. The number of carboxylic acid groups (broad SMARTS) is 1. The lowest BCUT2D eigenvalue weighted by molar-refractivity contribution is 0.0690. The van der Waals surface area contributed by atoms with Crippen molar-refractivity contribution >= 4 is 5.97 Å². The lowest BCUT2D eigenvalue weighted by Crippen LogP contribution is -2.04. The van der Waals surface area contributed by atoms with Crippen LogP contribution >= 0.6 is 0 Å². The Kier molecular flexibility index (Phi) is 4.52. The van der Waals surface area contributed by atoms with Gasteiger partial charge in [-0.1, -0.05) is 19.0 Å². The zero-order chi connectivity index (χ0) is 15.4. The molecule has 0 amide bonds. The van der Waals surface area contributed by atoms with E-state index in [0.717, 1.165) is 12.1 Å². The molecule has 1 heterocycles. The first-order valence-electron chi connectivity index (χ1n) is 6.43. The van der Waals surface area contributed by atoms with Crippen LogP contribution in [-0.4, -0.2) is 21.2 Å². The Hall–Kier alpha value is -2.44. The number of carboxylic acids is 1. The lowest BCUT2D eigenvalue weighted by atomic mass is 10.1. The average Bonchev–Trinajstić information content (AvgIpc) is 2.83. The molecule has 0 radical (unpaired) electrons. The van der Waals surface area contributed by atoms with Crippen LogP contribution in [0.2, 0.25) is 0 Å². The van der Waals surface area contributed by atoms with Crippen LogP contribution in [0.5, 0.6) is 5.75 Å². The quantitative estimate of drug-likeness (QED) is 0.881. The molecule has 1 N–H and O–H groups in total. The van der Waals surface area contributed by atoms with Gasteiger partial charge in [-0.3, -0.25) is 0 Å². The van der Waals surface area contributed by atoms with E-state index in [2.05, 4.69) is 10.1 Å². The summed E-state index contributed by atoms with van der Waals surface area (Å²) in [5, 5.41) is 12.8. The minimum atomic E-state index is -1.27. The van der Waals surface area contributed by atoms with Gasteiger partial charge in [-0.25, -0.2) is 9.18 Å². The molecule has 0 aliphatic heterocycles. The number of hydrogen-bond acceptors (Lipinski definition) is 5. The fourth-order valence-electron chi connectivity index (χ4n) is 1.73. The molecule has 0 spiro atoms. The summed E-state index contributed by atoms with van der Waals surface area (Å²) in [6.07, 6.45) is 0.681. The Morgan fingerprint density at radius 3 is 2.90 bits per heavy atom. The van der Waals surface area contributed by atoms with E-state index in [1.54, 1.807) is 0 Å². The Bertz CT molecular complexity index is 640. The number of carbonyl (C=O) groups is 1. The predicted octanol–water partition coefficient (Wildman–Crippen LogP) is 2.68. The highest BCUT2D eigenvalue weighted by molar-refractivity contribution is 5.90. The van der Waals surface area contributed by atoms with Crippen LogP contribution in [0.1, 0.15) is 35.9 Å².